The highest BCUT2D eigenvalue weighted by Crippen LogP contribution is 2.29. The van der Waals surface area contributed by atoms with Crippen LogP contribution in [0.3, 0.4) is 0 Å². The van der Waals surface area contributed by atoms with Gasteiger partial charge >= 0.3 is 35.8 Å². The summed E-state index contributed by atoms with van der Waals surface area (Å²) in [7, 11) is 0. The summed E-state index contributed by atoms with van der Waals surface area (Å²) in [6, 6.07) is 2.84. The van der Waals surface area contributed by atoms with Gasteiger partial charge in [-0.1, -0.05) is 65.7 Å². The molecule has 17 nitrogen and oxygen atoms in total. The number of carboxylic acid groups (broad SMARTS) is 4. The first-order chi connectivity index (χ1) is 25.8. The molecule has 56 heavy (non-hydrogen) atoms. The van der Waals surface area contributed by atoms with Crippen LogP contribution in [0.2, 0.25) is 0 Å². The molecule has 9 atom stereocenters. The Hall–Kier alpha value is -4.35. The Kier molecular flexibility index (Phi) is 25.2. The third kappa shape index (κ3) is 21.1. The van der Waals surface area contributed by atoms with E-state index < -0.39 is 104 Å². The SMILES string of the molecule is CCCCC(C)C(OC(=O)CC(CC(=O)O)C(=O)O)C(CC(C)CCCCCCC(O)CC(O)C(C)[n+]1cccc(O)c1)OC(=O)CC(CC(=O)O)C(=O)O.[OH-]. The van der Waals surface area contributed by atoms with Crippen LogP contribution in [-0.2, 0) is 38.2 Å². The lowest BCUT2D eigenvalue weighted by Gasteiger charge is -2.33. The Morgan fingerprint density at radius 3 is 1.75 bits per heavy atom. The molecule has 1 heterocycles. The maximum absolute atomic E-state index is 13.1. The predicted molar refractivity (Wildman–Crippen MR) is 198 cm³/mol. The summed E-state index contributed by atoms with van der Waals surface area (Å²) in [6.45, 7) is 7.43. The molecular weight excluding hydrogens is 738 g/mol. The van der Waals surface area contributed by atoms with Crippen molar-refractivity contribution in [2.24, 2.45) is 23.7 Å². The molecule has 9 unspecified atom stereocenters. The van der Waals surface area contributed by atoms with E-state index in [-0.39, 0.29) is 36.0 Å². The van der Waals surface area contributed by atoms with Crippen molar-refractivity contribution < 1.29 is 84.0 Å². The average Bonchev–Trinajstić information content (AvgIpc) is 3.09. The van der Waals surface area contributed by atoms with Crippen molar-refractivity contribution in [1.82, 2.24) is 0 Å². The minimum Gasteiger partial charge on any atom is -0.870 e. The van der Waals surface area contributed by atoms with E-state index in [1.165, 1.54) is 12.3 Å². The zero-order valence-corrected chi connectivity index (χ0v) is 32.9. The van der Waals surface area contributed by atoms with E-state index >= 15 is 0 Å². The number of hydrogen-bond donors (Lipinski definition) is 7. The Morgan fingerprint density at radius 2 is 1.25 bits per heavy atom. The first-order valence-corrected chi connectivity index (χ1v) is 19.2. The monoisotopic (exact) mass is 801 g/mol. The van der Waals surface area contributed by atoms with Gasteiger partial charge in [-0.25, -0.2) is 0 Å². The Morgan fingerprint density at radius 1 is 0.714 bits per heavy atom. The topological polar surface area (TPSA) is 296 Å². The summed E-state index contributed by atoms with van der Waals surface area (Å²) in [5.74, 6) is -11.4. The molecule has 0 aliphatic carbocycles. The maximum Gasteiger partial charge on any atom is 0.307 e. The third-order valence-corrected chi connectivity index (χ3v) is 9.82. The number of unbranched alkanes of at least 4 members (excludes halogenated alkanes) is 4. The molecule has 0 bridgehead atoms. The van der Waals surface area contributed by atoms with Crippen LogP contribution < -0.4 is 4.57 Å². The van der Waals surface area contributed by atoms with Crippen LogP contribution >= 0.6 is 0 Å². The summed E-state index contributed by atoms with van der Waals surface area (Å²) in [5.41, 5.74) is 0. The second-order valence-electron chi connectivity index (χ2n) is 14.8. The van der Waals surface area contributed by atoms with Gasteiger partial charge in [0.05, 0.1) is 43.6 Å². The predicted octanol–water partition coefficient (Wildman–Crippen LogP) is 4.32. The molecule has 320 valence electrons. The quantitative estimate of drug-likeness (QED) is 0.0324. The van der Waals surface area contributed by atoms with Crippen molar-refractivity contribution >= 4 is 35.8 Å². The summed E-state index contributed by atoms with van der Waals surface area (Å²) < 4.78 is 13.2. The first-order valence-electron chi connectivity index (χ1n) is 19.2. The molecule has 0 fully saturated rings. The van der Waals surface area contributed by atoms with Crippen LogP contribution in [0.5, 0.6) is 5.75 Å². The van der Waals surface area contributed by atoms with E-state index in [1.807, 2.05) is 13.8 Å². The number of hydrogen-bond acceptors (Lipinski definition) is 12. The number of nitrogens with zero attached hydrogens (tertiary/aromatic N) is 1. The van der Waals surface area contributed by atoms with Crippen molar-refractivity contribution in [1.29, 1.82) is 0 Å². The molecule has 1 rings (SSSR count). The number of aliphatic carboxylic acids is 4. The number of carbonyl (C=O) groups excluding carboxylic acids is 2. The zero-order valence-electron chi connectivity index (χ0n) is 32.9. The van der Waals surface area contributed by atoms with E-state index in [9.17, 15) is 54.3 Å². The molecule has 17 heteroatoms. The van der Waals surface area contributed by atoms with E-state index in [1.54, 1.807) is 30.7 Å². The van der Waals surface area contributed by atoms with Gasteiger partial charge in [0.1, 0.15) is 18.3 Å². The number of aromatic nitrogens is 1. The van der Waals surface area contributed by atoms with Gasteiger partial charge in [0.15, 0.2) is 18.0 Å². The minimum atomic E-state index is -1.56. The second kappa shape index (κ2) is 27.3. The number of pyridine rings is 1. The summed E-state index contributed by atoms with van der Waals surface area (Å²) >= 11 is 0. The van der Waals surface area contributed by atoms with Crippen LogP contribution in [0.4, 0.5) is 0 Å². The molecule has 1 aromatic rings. The summed E-state index contributed by atoms with van der Waals surface area (Å²) in [5, 5.41) is 68.1. The van der Waals surface area contributed by atoms with Gasteiger partial charge < -0.3 is 50.7 Å². The van der Waals surface area contributed by atoms with Crippen LogP contribution in [-0.4, -0.2) is 101 Å². The molecule has 0 saturated carbocycles. The molecule has 0 spiro atoms. The minimum absolute atomic E-state index is 0. The van der Waals surface area contributed by atoms with Crippen molar-refractivity contribution in [3.8, 4) is 5.75 Å². The molecule has 1 aromatic heterocycles. The van der Waals surface area contributed by atoms with Gasteiger partial charge in [0.25, 0.3) is 0 Å². The number of carboxylic acids is 4. The van der Waals surface area contributed by atoms with Gasteiger partial charge in [-0.05, 0) is 37.2 Å². The van der Waals surface area contributed by atoms with Gasteiger partial charge in [-0.15, -0.1) is 0 Å². The van der Waals surface area contributed by atoms with Gasteiger partial charge in [0, 0.05) is 19.4 Å². The highest BCUT2D eigenvalue weighted by Gasteiger charge is 2.37. The smallest absolute Gasteiger partial charge is 0.307 e. The molecular formula is C39H63NO16. The van der Waals surface area contributed by atoms with Crippen LogP contribution in [0.15, 0.2) is 24.5 Å². The standard InChI is InChI=1S/C39H61NO15.H2O/c1-5-6-13-25(3)37(55-36(49)21-28(39(52)53)19-34(46)47)32(54-35(48)20-27(38(50)51)18-33(44)45)17-24(2)12-9-7-8-10-14-29(41)22-31(43)26(4)40-16-11-15-30(42)23-40;/h11,15-16,23-29,31-32,37,41,43H,5-10,12-14,17-22H2,1-4H3,(H4-,42,44,45,46,47,50,51,52,53);1H2. The first kappa shape index (κ1) is 51.6. The summed E-state index contributed by atoms with van der Waals surface area (Å²) in [6.07, 6.45) is 3.01. The fourth-order valence-electron chi connectivity index (χ4n) is 6.50. The van der Waals surface area contributed by atoms with Gasteiger partial charge in [0.2, 0.25) is 6.20 Å². The number of aliphatic hydroxyl groups excluding tert-OH is 2. The number of aliphatic hydroxyl groups is 2. The van der Waals surface area contributed by atoms with E-state index in [2.05, 4.69) is 0 Å². The molecule has 0 saturated heterocycles. The second-order valence-corrected chi connectivity index (χ2v) is 14.8. The molecule has 0 amide bonds. The fourth-order valence-corrected chi connectivity index (χ4v) is 6.50. The highest BCUT2D eigenvalue weighted by atomic mass is 16.6. The van der Waals surface area contributed by atoms with Gasteiger partial charge in [-0.2, -0.15) is 4.57 Å². The normalized spacial score (nSPS) is 16.0. The van der Waals surface area contributed by atoms with Crippen molar-refractivity contribution in [2.75, 3.05) is 0 Å². The van der Waals surface area contributed by atoms with Gasteiger partial charge in [-0.3, -0.25) is 28.8 Å². The molecule has 8 N–H and O–H groups in total. The lowest BCUT2D eigenvalue weighted by molar-refractivity contribution is -0.727. The lowest BCUT2D eigenvalue weighted by atomic mass is 9.87. The van der Waals surface area contributed by atoms with E-state index in [0.29, 0.717) is 32.1 Å². The van der Waals surface area contributed by atoms with Crippen molar-refractivity contribution in [3.05, 3.63) is 24.5 Å². The number of rotatable bonds is 30. The Bertz CT molecular complexity index is 1370. The number of aromatic hydroxyl groups is 1. The molecule has 0 aliphatic rings. The van der Waals surface area contributed by atoms with E-state index in [4.69, 9.17) is 19.7 Å². The Balaban J connectivity index is 0.0000302. The third-order valence-electron chi connectivity index (χ3n) is 9.82. The Labute approximate surface area is 328 Å². The lowest BCUT2D eigenvalue weighted by Crippen LogP contribution is -2.44. The number of carbonyl (C=O) groups is 6. The number of esters is 2. The van der Waals surface area contributed by atoms with Crippen LogP contribution in [0, 0.1) is 23.7 Å². The average molecular weight is 802 g/mol. The van der Waals surface area contributed by atoms with Crippen molar-refractivity contribution in [3.63, 3.8) is 0 Å². The molecule has 0 aliphatic heterocycles. The highest BCUT2D eigenvalue weighted by molar-refractivity contribution is 5.83. The van der Waals surface area contributed by atoms with Crippen LogP contribution in [0.25, 0.3) is 0 Å². The zero-order chi connectivity index (χ0) is 41.7. The molecule has 0 aromatic carbocycles. The van der Waals surface area contributed by atoms with Crippen molar-refractivity contribution in [2.45, 2.75) is 154 Å². The van der Waals surface area contributed by atoms with Crippen LogP contribution in [0.1, 0.15) is 130 Å². The number of ether oxygens (including phenoxy) is 2. The fraction of sp³-hybridized carbons (Fsp3) is 0.718. The van der Waals surface area contributed by atoms with E-state index in [0.717, 1.165) is 25.7 Å². The molecule has 0 radical (unpaired) electrons. The maximum atomic E-state index is 13.1. The largest absolute Gasteiger partial charge is 0.870 e. The summed E-state index contributed by atoms with van der Waals surface area (Å²) in [4.78, 5) is 72.0.